The molecule has 7 aromatic rings. The molecule has 1 aliphatic heterocycles. The van der Waals surface area contributed by atoms with Crippen LogP contribution in [-0.2, 0) is 10.8 Å². The van der Waals surface area contributed by atoms with Crippen LogP contribution in [0.25, 0.3) is 43.5 Å². The Bertz CT molecular complexity index is 2900. The fourth-order valence-corrected chi connectivity index (χ4v) is 12.7. The smallest absolute Gasteiger partial charge is 0.146 e. The van der Waals surface area contributed by atoms with E-state index in [4.69, 9.17) is 4.99 Å². The van der Waals surface area contributed by atoms with Gasteiger partial charge >= 0.3 is 0 Å². The van der Waals surface area contributed by atoms with E-state index in [0.717, 1.165) is 23.3 Å². The molecule has 58 heavy (non-hydrogen) atoms. The molecule has 6 aromatic carbocycles. The lowest BCUT2D eigenvalue weighted by Gasteiger charge is -2.36. The molecular weight excluding hydrogens is 721 g/mol. The second-order valence-electron chi connectivity index (χ2n) is 17.7. The number of fused-ring (bicyclic) bond motifs is 11. The first-order valence-electron chi connectivity index (χ1n) is 21.3. The van der Waals surface area contributed by atoms with E-state index in [-0.39, 0.29) is 17.0 Å². The molecule has 0 amide bonds. The van der Waals surface area contributed by atoms with E-state index in [2.05, 4.69) is 171 Å². The van der Waals surface area contributed by atoms with E-state index in [1.165, 1.54) is 91.7 Å². The van der Waals surface area contributed by atoms with E-state index < -0.39 is 0 Å². The van der Waals surface area contributed by atoms with Crippen LogP contribution in [-0.4, -0.2) is 5.71 Å². The Labute approximate surface area is 345 Å². The number of rotatable bonds is 4. The van der Waals surface area contributed by atoms with Crippen molar-refractivity contribution in [2.45, 2.75) is 75.3 Å². The van der Waals surface area contributed by atoms with E-state index in [1.54, 1.807) is 22.3 Å². The SMILES string of the molecule is CC1(C)C2=CC=CCC2c2cc3c(cc21)-c1c(-c2ccc(-c4cccc(C5N=C(c6ccccc6)c6c(sc7ccccc67)N5)c4)cc2)cccc1C31CCCCC1. The first kappa shape index (κ1) is 34.3. The first-order valence-corrected chi connectivity index (χ1v) is 22.1. The van der Waals surface area contributed by atoms with E-state index >= 15 is 0 Å². The molecule has 5 aliphatic rings. The molecule has 1 N–H and O–H groups in total. The predicted molar refractivity (Wildman–Crippen MR) is 244 cm³/mol. The fourth-order valence-electron chi connectivity index (χ4n) is 11.5. The maximum absolute atomic E-state index is 5.42. The third-order valence-electron chi connectivity index (χ3n) is 14.3. The zero-order valence-corrected chi connectivity index (χ0v) is 34.0. The van der Waals surface area contributed by atoms with Crippen molar-refractivity contribution in [1.29, 1.82) is 0 Å². The Morgan fingerprint density at radius 3 is 2.28 bits per heavy atom. The van der Waals surface area contributed by atoms with Gasteiger partial charge in [-0.3, -0.25) is 4.99 Å². The lowest BCUT2D eigenvalue weighted by molar-refractivity contribution is 0.352. The van der Waals surface area contributed by atoms with Gasteiger partial charge in [-0.25, -0.2) is 0 Å². The average Bonchev–Trinajstić information content (AvgIpc) is 3.86. The first-order chi connectivity index (χ1) is 28.5. The number of thiophene rings is 1. The van der Waals surface area contributed by atoms with E-state index in [1.807, 2.05) is 11.3 Å². The number of hydrogen-bond donors (Lipinski definition) is 1. The van der Waals surface area contributed by atoms with Crippen molar-refractivity contribution in [3.8, 4) is 33.4 Å². The number of benzene rings is 6. The second kappa shape index (κ2) is 12.9. The molecular formula is C55H46N2S. The molecule has 3 heteroatoms. The number of anilines is 1. The molecule has 2 atom stereocenters. The third-order valence-corrected chi connectivity index (χ3v) is 15.4. The molecule has 0 radical (unpaired) electrons. The standard InChI is InChI=1S/C55H46N2S/c1-54(2)44-22-9-7-19-40(44)42-32-47-43(33-46(42)54)49-39(21-14-23-45(49)55(47)29-11-4-12-30-55)35-27-25-34(26-28-35)37-17-13-18-38(31-37)52-56-51(36-15-5-3-6-16-36)50-41-20-8-10-24-48(41)58-53(50)57-52/h3,5-10,13-18,20-28,31-33,40,52,57H,4,11-12,19,29-30H2,1-2H3. The summed E-state index contributed by atoms with van der Waals surface area (Å²) in [6, 6.07) is 50.2. The number of nitrogens with one attached hydrogen (secondary N) is 1. The van der Waals surface area contributed by atoms with Gasteiger partial charge in [-0.15, -0.1) is 11.3 Å². The highest BCUT2D eigenvalue weighted by molar-refractivity contribution is 7.23. The number of aliphatic imine (C=N–C) groups is 1. The van der Waals surface area contributed by atoms with E-state index in [9.17, 15) is 0 Å². The summed E-state index contributed by atoms with van der Waals surface area (Å²) < 4.78 is 1.28. The summed E-state index contributed by atoms with van der Waals surface area (Å²) >= 11 is 1.82. The summed E-state index contributed by atoms with van der Waals surface area (Å²) in [5.74, 6) is 0.509. The van der Waals surface area contributed by atoms with Crippen LogP contribution in [0.4, 0.5) is 5.00 Å². The van der Waals surface area contributed by atoms with Crippen molar-refractivity contribution in [3.63, 3.8) is 0 Å². The van der Waals surface area contributed by atoms with Gasteiger partial charge in [0.1, 0.15) is 11.2 Å². The van der Waals surface area contributed by atoms with Gasteiger partial charge in [0.15, 0.2) is 0 Å². The average molecular weight is 767 g/mol. The van der Waals surface area contributed by atoms with Crippen LogP contribution >= 0.6 is 11.3 Å². The quantitative estimate of drug-likeness (QED) is 0.190. The minimum atomic E-state index is -0.183. The maximum atomic E-state index is 5.42. The highest BCUT2D eigenvalue weighted by atomic mass is 32.1. The summed E-state index contributed by atoms with van der Waals surface area (Å²) in [6.07, 6.45) is 14.5. The van der Waals surface area contributed by atoms with Gasteiger partial charge < -0.3 is 5.32 Å². The Hall–Kier alpha value is -5.77. The summed E-state index contributed by atoms with van der Waals surface area (Å²) in [5, 5.41) is 6.27. The van der Waals surface area contributed by atoms with Crippen molar-refractivity contribution < 1.29 is 0 Å². The highest BCUT2D eigenvalue weighted by Gasteiger charge is 2.48. The highest BCUT2D eigenvalue weighted by Crippen LogP contribution is 2.62. The van der Waals surface area contributed by atoms with E-state index in [0.29, 0.717) is 5.92 Å². The van der Waals surface area contributed by atoms with Gasteiger partial charge in [0.2, 0.25) is 0 Å². The zero-order valence-electron chi connectivity index (χ0n) is 33.2. The van der Waals surface area contributed by atoms with Gasteiger partial charge in [-0.05, 0) is 98.7 Å². The summed E-state index contributed by atoms with van der Waals surface area (Å²) in [5.41, 5.74) is 20.6. The van der Waals surface area contributed by atoms with Gasteiger partial charge in [-0.1, -0.05) is 172 Å². The molecule has 0 bridgehead atoms. The van der Waals surface area contributed by atoms with Gasteiger partial charge in [0, 0.05) is 38.0 Å². The fraction of sp³-hybridized carbons (Fsp3) is 0.218. The summed E-state index contributed by atoms with van der Waals surface area (Å²) in [4.78, 5) is 5.42. The Morgan fingerprint density at radius 2 is 1.41 bits per heavy atom. The molecule has 1 saturated carbocycles. The minimum absolute atomic E-state index is 0.0368. The van der Waals surface area contributed by atoms with Gasteiger partial charge in [0.05, 0.1) is 5.71 Å². The van der Waals surface area contributed by atoms with Crippen molar-refractivity contribution in [2.24, 2.45) is 4.99 Å². The molecule has 1 spiro atoms. The Balaban J connectivity index is 0.923. The molecule has 4 aliphatic carbocycles. The van der Waals surface area contributed by atoms with Crippen LogP contribution in [0, 0.1) is 0 Å². The molecule has 0 saturated heterocycles. The number of allylic oxidation sites excluding steroid dienone is 4. The second-order valence-corrected chi connectivity index (χ2v) is 18.8. The van der Waals surface area contributed by atoms with Crippen molar-refractivity contribution >= 4 is 32.1 Å². The molecule has 2 heterocycles. The van der Waals surface area contributed by atoms with Crippen LogP contribution in [0.5, 0.6) is 0 Å². The van der Waals surface area contributed by atoms with Crippen molar-refractivity contribution in [3.05, 3.63) is 196 Å². The van der Waals surface area contributed by atoms with Gasteiger partial charge in [0.25, 0.3) is 0 Å². The molecule has 282 valence electrons. The third kappa shape index (κ3) is 4.99. The Kier molecular flexibility index (Phi) is 7.61. The van der Waals surface area contributed by atoms with Crippen LogP contribution in [0.2, 0.25) is 0 Å². The molecule has 12 rings (SSSR count). The molecule has 2 unspecified atom stereocenters. The summed E-state index contributed by atoms with van der Waals surface area (Å²) in [7, 11) is 0. The lowest BCUT2D eigenvalue weighted by atomic mass is 9.67. The lowest BCUT2D eigenvalue weighted by Crippen LogP contribution is -2.28. The molecule has 1 fully saturated rings. The summed E-state index contributed by atoms with van der Waals surface area (Å²) in [6.45, 7) is 4.91. The van der Waals surface area contributed by atoms with Crippen molar-refractivity contribution in [1.82, 2.24) is 0 Å². The van der Waals surface area contributed by atoms with Crippen LogP contribution in [0.3, 0.4) is 0 Å². The number of nitrogens with zero attached hydrogens (tertiary/aromatic N) is 1. The van der Waals surface area contributed by atoms with Gasteiger partial charge in [-0.2, -0.15) is 0 Å². The Morgan fingerprint density at radius 1 is 0.638 bits per heavy atom. The van der Waals surface area contributed by atoms with Crippen LogP contribution in [0.15, 0.2) is 162 Å². The van der Waals surface area contributed by atoms with Crippen LogP contribution < -0.4 is 5.32 Å². The molecule has 2 nitrogen and oxygen atoms in total. The predicted octanol–water partition coefficient (Wildman–Crippen LogP) is 14.7. The monoisotopic (exact) mass is 766 g/mol. The van der Waals surface area contributed by atoms with Crippen LogP contribution in [0.1, 0.15) is 103 Å². The topological polar surface area (TPSA) is 24.4 Å². The molecule has 1 aromatic heterocycles. The zero-order chi connectivity index (χ0) is 38.6. The normalized spacial score (nSPS) is 20.4. The minimum Gasteiger partial charge on any atom is -0.351 e. The van der Waals surface area contributed by atoms with Crippen molar-refractivity contribution in [2.75, 3.05) is 5.32 Å². The largest absolute Gasteiger partial charge is 0.351 e. The maximum Gasteiger partial charge on any atom is 0.146 e. The number of hydrogen-bond acceptors (Lipinski definition) is 3.